The molecule has 0 bridgehead atoms. The Morgan fingerprint density at radius 1 is 0.222 bits per heavy atom. The van der Waals surface area contributed by atoms with E-state index < -0.39 is 0 Å². The van der Waals surface area contributed by atoms with Crippen LogP contribution in [0.25, 0.3) is 90.3 Å². The van der Waals surface area contributed by atoms with E-state index >= 15 is 0 Å². The molecular formula is C48H32N6. The second-order valence-electron chi connectivity index (χ2n) is 12.8. The Hall–Kier alpha value is -7.44. The van der Waals surface area contributed by atoms with Gasteiger partial charge in [0.05, 0.1) is 22.8 Å². The van der Waals surface area contributed by atoms with Crippen LogP contribution in [0.15, 0.2) is 194 Å². The molecule has 4 aromatic heterocycles. The van der Waals surface area contributed by atoms with Crippen LogP contribution in [0.1, 0.15) is 0 Å². The number of hydrogen-bond acceptors (Lipinski definition) is 6. The van der Waals surface area contributed by atoms with Crippen LogP contribution in [0, 0.1) is 0 Å². The Morgan fingerprint density at radius 2 is 0.611 bits per heavy atom. The summed E-state index contributed by atoms with van der Waals surface area (Å²) in [6.07, 6.45) is 3.64. The average Bonchev–Trinajstić information content (AvgIpc) is 3.27. The molecule has 254 valence electrons. The first-order chi connectivity index (χ1) is 26.7. The van der Waals surface area contributed by atoms with Gasteiger partial charge in [-0.1, -0.05) is 146 Å². The van der Waals surface area contributed by atoms with E-state index in [1.54, 1.807) is 6.20 Å². The maximum absolute atomic E-state index is 5.02. The van der Waals surface area contributed by atoms with E-state index in [0.717, 1.165) is 72.8 Å². The first-order valence-electron chi connectivity index (χ1n) is 17.8. The Kier molecular flexibility index (Phi) is 8.81. The first kappa shape index (κ1) is 32.5. The molecule has 0 unspecified atom stereocenters. The molecule has 6 heteroatoms. The lowest BCUT2D eigenvalue weighted by molar-refractivity contribution is 1.07. The van der Waals surface area contributed by atoms with Gasteiger partial charge in [-0.2, -0.15) is 0 Å². The number of pyridine rings is 3. The largest absolute Gasteiger partial charge is 0.255 e. The Balaban J connectivity index is 1.00. The minimum atomic E-state index is 0.633. The summed E-state index contributed by atoms with van der Waals surface area (Å²) in [5, 5.41) is 0. The Morgan fingerprint density at radius 3 is 1.13 bits per heavy atom. The number of hydrogen-bond donors (Lipinski definition) is 0. The lowest BCUT2D eigenvalue weighted by atomic mass is 9.98. The second kappa shape index (κ2) is 14.7. The molecule has 0 atom stereocenters. The summed E-state index contributed by atoms with van der Waals surface area (Å²) in [5.41, 5.74) is 12.6. The molecule has 0 spiro atoms. The number of nitrogens with zero attached hydrogens (tertiary/aromatic N) is 6. The second-order valence-corrected chi connectivity index (χ2v) is 12.8. The summed E-state index contributed by atoms with van der Waals surface area (Å²) in [6, 6.07) is 61.6. The molecule has 0 aliphatic heterocycles. The maximum Gasteiger partial charge on any atom is 0.164 e. The molecule has 9 aromatic rings. The van der Waals surface area contributed by atoms with Crippen molar-refractivity contribution in [2.24, 2.45) is 0 Å². The van der Waals surface area contributed by atoms with Gasteiger partial charge in [-0.3, -0.25) is 9.97 Å². The van der Waals surface area contributed by atoms with E-state index in [1.165, 1.54) is 0 Å². The maximum atomic E-state index is 5.02. The highest BCUT2D eigenvalue weighted by Crippen LogP contribution is 2.32. The lowest BCUT2D eigenvalue weighted by Crippen LogP contribution is -2.00. The van der Waals surface area contributed by atoms with Crippen LogP contribution in [0.2, 0.25) is 0 Å². The minimum Gasteiger partial charge on any atom is -0.255 e. The smallest absolute Gasteiger partial charge is 0.164 e. The summed E-state index contributed by atoms with van der Waals surface area (Å²) >= 11 is 0. The molecule has 0 N–H and O–H groups in total. The zero-order chi connectivity index (χ0) is 36.1. The molecule has 9 rings (SSSR count). The number of aromatic nitrogens is 6. The summed E-state index contributed by atoms with van der Waals surface area (Å²) in [6.45, 7) is 0. The van der Waals surface area contributed by atoms with Crippen LogP contribution in [-0.2, 0) is 0 Å². The highest BCUT2D eigenvalue weighted by atomic mass is 15.0. The highest BCUT2D eigenvalue weighted by molar-refractivity contribution is 5.78. The molecule has 0 aliphatic rings. The van der Waals surface area contributed by atoms with Crippen LogP contribution in [0.4, 0.5) is 0 Å². The van der Waals surface area contributed by atoms with E-state index in [-0.39, 0.29) is 0 Å². The summed E-state index contributed by atoms with van der Waals surface area (Å²) in [4.78, 5) is 28.9. The molecule has 0 amide bonds. The van der Waals surface area contributed by atoms with Gasteiger partial charge in [0.1, 0.15) is 0 Å². The predicted molar refractivity (Wildman–Crippen MR) is 217 cm³/mol. The topological polar surface area (TPSA) is 77.3 Å². The van der Waals surface area contributed by atoms with Gasteiger partial charge in [-0.05, 0) is 69.8 Å². The van der Waals surface area contributed by atoms with Crippen molar-refractivity contribution in [1.82, 2.24) is 29.9 Å². The average molecular weight is 693 g/mol. The zero-order valence-electron chi connectivity index (χ0n) is 29.2. The van der Waals surface area contributed by atoms with E-state index in [0.29, 0.717) is 17.5 Å². The van der Waals surface area contributed by atoms with Crippen molar-refractivity contribution < 1.29 is 0 Å². The van der Waals surface area contributed by atoms with E-state index in [9.17, 15) is 0 Å². The normalized spacial score (nSPS) is 11.0. The van der Waals surface area contributed by atoms with E-state index in [2.05, 4.69) is 83.8 Å². The molecule has 5 aromatic carbocycles. The fourth-order valence-corrected chi connectivity index (χ4v) is 6.46. The lowest BCUT2D eigenvalue weighted by Gasteiger charge is -2.11. The van der Waals surface area contributed by atoms with Crippen molar-refractivity contribution in [1.29, 1.82) is 0 Å². The van der Waals surface area contributed by atoms with Crippen molar-refractivity contribution in [3.8, 4) is 90.3 Å². The van der Waals surface area contributed by atoms with Crippen LogP contribution < -0.4 is 0 Å². The van der Waals surface area contributed by atoms with Crippen molar-refractivity contribution >= 4 is 0 Å². The quantitative estimate of drug-likeness (QED) is 0.158. The van der Waals surface area contributed by atoms with Crippen LogP contribution >= 0.6 is 0 Å². The molecule has 0 aliphatic carbocycles. The SMILES string of the molecule is c1ccc(-c2cc(-c3ccccn3)nc(-c3cc(-c4ccc(-c5ccc(-c6nc(-c7ccccc7)nc(-c7ccccc7)n6)cc5)cc4)ccn3)c2)cc1. The monoisotopic (exact) mass is 692 g/mol. The third-order valence-corrected chi connectivity index (χ3v) is 9.28. The fourth-order valence-electron chi connectivity index (χ4n) is 6.46. The van der Waals surface area contributed by atoms with E-state index in [1.807, 2.05) is 109 Å². The van der Waals surface area contributed by atoms with Gasteiger partial charge >= 0.3 is 0 Å². The molecule has 6 nitrogen and oxygen atoms in total. The van der Waals surface area contributed by atoms with E-state index in [4.69, 9.17) is 24.9 Å². The first-order valence-corrected chi connectivity index (χ1v) is 17.8. The minimum absolute atomic E-state index is 0.633. The molecular weight excluding hydrogens is 661 g/mol. The molecule has 0 saturated heterocycles. The van der Waals surface area contributed by atoms with Gasteiger partial charge in [0, 0.05) is 29.1 Å². The standard InChI is InChI=1S/C48H32N6/c1-4-12-33(13-5-1)41-31-44(42-18-10-11-28-49-42)51-45(32-41)43-30-40(27-29-50-43)36-21-19-34(20-22-36)35-23-25-39(26-24-35)48-53-46(37-14-6-2-7-15-37)52-47(54-48)38-16-8-3-9-17-38/h1-32H. The third-order valence-electron chi connectivity index (χ3n) is 9.28. The fraction of sp³-hybridized carbons (Fsp3) is 0. The number of benzene rings is 5. The van der Waals surface area contributed by atoms with Gasteiger partial charge in [0.15, 0.2) is 17.5 Å². The highest BCUT2D eigenvalue weighted by Gasteiger charge is 2.14. The Labute approximate surface area is 313 Å². The van der Waals surface area contributed by atoms with Crippen LogP contribution in [0.5, 0.6) is 0 Å². The third kappa shape index (κ3) is 6.92. The summed E-state index contributed by atoms with van der Waals surface area (Å²) in [7, 11) is 0. The van der Waals surface area contributed by atoms with Crippen molar-refractivity contribution in [3.63, 3.8) is 0 Å². The molecule has 0 fully saturated rings. The summed E-state index contributed by atoms with van der Waals surface area (Å²) in [5.74, 6) is 1.92. The van der Waals surface area contributed by atoms with Gasteiger partial charge in [0.25, 0.3) is 0 Å². The zero-order valence-corrected chi connectivity index (χ0v) is 29.2. The van der Waals surface area contributed by atoms with Crippen LogP contribution in [0.3, 0.4) is 0 Å². The van der Waals surface area contributed by atoms with Gasteiger partial charge < -0.3 is 0 Å². The van der Waals surface area contributed by atoms with Gasteiger partial charge in [-0.15, -0.1) is 0 Å². The van der Waals surface area contributed by atoms with Gasteiger partial charge in [0.2, 0.25) is 0 Å². The molecule has 0 saturated carbocycles. The molecule has 0 radical (unpaired) electrons. The van der Waals surface area contributed by atoms with Gasteiger partial charge in [-0.25, -0.2) is 19.9 Å². The van der Waals surface area contributed by atoms with Crippen LogP contribution in [-0.4, -0.2) is 29.9 Å². The Bertz CT molecular complexity index is 2550. The van der Waals surface area contributed by atoms with Crippen molar-refractivity contribution in [2.45, 2.75) is 0 Å². The van der Waals surface area contributed by atoms with Crippen molar-refractivity contribution in [3.05, 3.63) is 194 Å². The molecule has 4 heterocycles. The predicted octanol–water partition coefficient (Wildman–Crippen LogP) is 11.4. The summed E-state index contributed by atoms with van der Waals surface area (Å²) < 4.78 is 0. The molecule has 54 heavy (non-hydrogen) atoms. The van der Waals surface area contributed by atoms with Crippen molar-refractivity contribution in [2.75, 3.05) is 0 Å². The number of rotatable bonds is 8.